The molecule has 1 aliphatic rings. The molecule has 0 spiro atoms. The van der Waals surface area contributed by atoms with Crippen LogP contribution in [-0.2, 0) is 14.9 Å². The van der Waals surface area contributed by atoms with Crippen molar-refractivity contribution in [3.63, 3.8) is 0 Å². The van der Waals surface area contributed by atoms with Crippen LogP contribution in [0.5, 0.6) is 5.75 Å². The number of hydrogen-bond acceptors (Lipinski definition) is 7. The van der Waals surface area contributed by atoms with Crippen LogP contribution in [0.15, 0.2) is 63.3 Å². The molecule has 0 bridgehead atoms. The van der Waals surface area contributed by atoms with E-state index < -0.39 is 38.0 Å². The Kier molecular flexibility index (Phi) is 5.07. The fourth-order valence-electron chi connectivity index (χ4n) is 2.67. The summed E-state index contributed by atoms with van der Waals surface area (Å²) >= 11 is 0. The number of carbonyl (C=O) groups excluding carboxylic acids is 2. The Morgan fingerprint density at radius 3 is 2.14 bits per heavy atom. The van der Waals surface area contributed by atoms with Gasteiger partial charge < -0.3 is 4.18 Å². The topological polar surface area (TPSA) is 175 Å². The zero-order chi connectivity index (χ0) is 21.2. The maximum Gasteiger partial charge on any atom is 0.339 e. The third-order valence-electron chi connectivity index (χ3n) is 3.94. The number of fused-ring (bicyclic) bond motifs is 1. The van der Waals surface area contributed by atoms with Gasteiger partial charge in [0.2, 0.25) is 11.6 Å². The standard InChI is InChI=1S/C17H10N6O5S/c1-9-5-7-10(8-6-9)28-29(26,27)12-4-2-3-11-13(12)14(20-22-18)15(21-23-19)17(25)16(11)24/h2-8H,1H3. The zero-order valence-electron chi connectivity index (χ0n) is 14.7. The molecule has 0 aliphatic heterocycles. The summed E-state index contributed by atoms with van der Waals surface area (Å²) in [6.07, 6.45) is 0. The van der Waals surface area contributed by atoms with Crippen LogP contribution in [0, 0.1) is 6.92 Å². The van der Waals surface area contributed by atoms with Gasteiger partial charge in [-0.25, -0.2) is 0 Å². The van der Waals surface area contributed by atoms with Crippen molar-refractivity contribution in [3.8, 4) is 5.75 Å². The average molecular weight is 410 g/mol. The zero-order valence-corrected chi connectivity index (χ0v) is 15.5. The highest BCUT2D eigenvalue weighted by molar-refractivity contribution is 7.87. The number of benzene rings is 2. The fraction of sp³-hybridized carbons (Fsp3) is 0.0588. The van der Waals surface area contributed by atoms with Gasteiger partial charge in [-0.05, 0) is 36.2 Å². The van der Waals surface area contributed by atoms with Crippen molar-refractivity contribution >= 4 is 27.4 Å². The Balaban J connectivity index is 2.29. The molecule has 12 heteroatoms. The number of carbonyl (C=O) groups is 2. The molecule has 2 aromatic carbocycles. The minimum Gasteiger partial charge on any atom is -0.379 e. The molecule has 29 heavy (non-hydrogen) atoms. The summed E-state index contributed by atoms with van der Waals surface area (Å²) < 4.78 is 30.9. The van der Waals surface area contributed by atoms with Crippen LogP contribution in [-0.4, -0.2) is 20.0 Å². The fourth-order valence-corrected chi connectivity index (χ4v) is 3.83. The molecule has 0 aromatic heterocycles. The smallest absolute Gasteiger partial charge is 0.339 e. The van der Waals surface area contributed by atoms with Gasteiger partial charge >= 0.3 is 10.1 Å². The largest absolute Gasteiger partial charge is 0.379 e. The third kappa shape index (κ3) is 3.54. The van der Waals surface area contributed by atoms with Crippen molar-refractivity contribution < 1.29 is 22.2 Å². The maximum absolute atomic E-state index is 12.9. The first-order chi connectivity index (χ1) is 13.8. The van der Waals surface area contributed by atoms with Crippen LogP contribution in [0.4, 0.5) is 0 Å². The lowest BCUT2D eigenvalue weighted by Gasteiger charge is -2.19. The van der Waals surface area contributed by atoms with Crippen LogP contribution in [0.1, 0.15) is 21.5 Å². The lowest BCUT2D eigenvalue weighted by atomic mass is 9.91. The van der Waals surface area contributed by atoms with E-state index in [1.165, 1.54) is 24.3 Å². The Bertz CT molecular complexity index is 1280. The van der Waals surface area contributed by atoms with Crippen LogP contribution in [0.2, 0.25) is 0 Å². The van der Waals surface area contributed by atoms with E-state index in [9.17, 15) is 18.0 Å². The van der Waals surface area contributed by atoms with E-state index in [4.69, 9.17) is 15.2 Å². The van der Waals surface area contributed by atoms with E-state index in [-0.39, 0.29) is 16.9 Å². The normalized spacial score (nSPS) is 13.3. The number of allylic oxidation sites excluding steroid dienone is 1. The first kappa shape index (κ1) is 19.6. The van der Waals surface area contributed by atoms with Crippen molar-refractivity contribution in [1.29, 1.82) is 0 Å². The third-order valence-corrected chi connectivity index (χ3v) is 5.23. The lowest BCUT2D eigenvalue weighted by Crippen LogP contribution is -2.25. The summed E-state index contributed by atoms with van der Waals surface area (Å²) in [5.41, 5.74) is 16.4. The highest BCUT2D eigenvalue weighted by Gasteiger charge is 2.36. The van der Waals surface area contributed by atoms with Crippen LogP contribution in [0.25, 0.3) is 26.6 Å². The molecular formula is C17H10N6O5S. The van der Waals surface area contributed by atoms with E-state index in [1.54, 1.807) is 12.1 Å². The molecule has 0 fully saturated rings. The molecule has 0 heterocycles. The van der Waals surface area contributed by atoms with Crippen molar-refractivity contribution in [2.24, 2.45) is 10.2 Å². The maximum atomic E-state index is 12.9. The Morgan fingerprint density at radius 2 is 1.52 bits per heavy atom. The summed E-state index contributed by atoms with van der Waals surface area (Å²) in [7, 11) is -4.51. The molecule has 0 unspecified atom stereocenters. The second-order valence-corrected chi connectivity index (χ2v) is 7.28. The van der Waals surface area contributed by atoms with Gasteiger partial charge in [0.25, 0.3) is 0 Å². The molecule has 3 rings (SSSR count). The average Bonchev–Trinajstić information content (AvgIpc) is 2.70. The molecule has 0 saturated carbocycles. The van der Waals surface area contributed by atoms with Gasteiger partial charge in [0, 0.05) is 21.0 Å². The summed E-state index contributed by atoms with van der Waals surface area (Å²) in [4.78, 5) is 29.1. The second-order valence-electron chi connectivity index (χ2n) is 5.76. The van der Waals surface area contributed by atoms with E-state index in [1.807, 2.05) is 6.92 Å². The van der Waals surface area contributed by atoms with Crippen LogP contribution < -0.4 is 4.18 Å². The highest BCUT2D eigenvalue weighted by atomic mass is 32.2. The van der Waals surface area contributed by atoms with E-state index in [2.05, 4.69) is 20.1 Å². The predicted molar refractivity (Wildman–Crippen MR) is 100.0 cm³/mol. The van der Waals surface area contributed by atoms with Crippen LogP contribution in [0.3, 0.4) is 0 Å². The van der Waals surface area contributed by atoms with Crippen LogP contribution >= 0.6 is 0 Å². The summed E-state index contributed by atoms with van der Waals surface area (Å²) in [6.45, 7) is 1.81. The summed E-state index contributed by atoms with van der Waals surface area (Å²) in [6, 6.07) is 9.70. The molecule has 0 atom stereocenters. The van der Waals surface area contributed by atoms with Gasteiger partial charge in [-0.3, -0.25) is 9.59 Å². The summed E-state index contributed by atoms with van der Waals surface area (Å²) in [5, 5.41) is 6.43. The van der Waals surface area contributed by atoms with E-state index in [0.29, 0.717) is 0 Å². The number of azide groups is 2. The highest BCUT2D eigenvalue weighted by Crippen LogP contribution is 2.37. The van der Waals surface area contributed by atoms with E-state index in [0.717, 1.165) is 11.6 Å². The Labute approximate surface area is 163 Å². The molecular weight excluding hydrogens is 400 g/mol. The molecule has 0 N–H and O–H groups in total. The lowest BCUT2D eigenvalue weighted by molar-refractivity contribution is -0.111. The van der Waals surface area contributed by atoms with Gasteiger partial charge in [-0.2, -0.15) is 8.42 Å². The summed E-state index contributed by atoms with van der Waals surface area (Å²) in [5.74, 6) is -2.31. The monoisotopic (exact) mass is 410 g/mol. The molecule has 144 valence electrons. The molecule has 2 aromatic rings. The predicted octanol–water partition coefficient (Wildman–Crippen LogP) is 3.82. The van der Waals surface area contributed by atoms with Gasteiger partial charge in [0.1, 0.15) is 10.6 Å². The van der Waals surface area contributed by atoms with Gasteiger partial charge in [0.15, 0.2) is 0 Å². The number of nitrogens with zero attached hydrogens (tertiary/aromatic N) is 6. The molecule has 0 radical (unpaired) electrons. The minimum atomic E-state index is -4.51. The number of ketones is 2. The Hall–Kier alpha value is -4.11. The van der Waals surface area contributed by atoms with E-state index >= 15 is 0 Å². The molecule has 1 aliphatic carbocycles. The number of rotatable bonds is 5. The van der Waals surface area contributed by atoms with Crippen molar-refractivity contribution in [2.75, 3.05) is 0 Å². The SMILES string of the molecule is Cc1ccc(OS(=O)(=O)c2cccc3c2C(N=[N+]=[N-])=C(N=[N+]=[N-])C(=O)C3=O)cc1. The number of hydrogen-bond donors (Lipinski definition) is 0. The van der Waals surface area contributed by atoms with Crippen molar-refractivity contribution in [3.05, 3.63) is 85.7 Å². The second kappa shape index (κ2) is 7.49. The Morgan fingerprint density at radius 1 is 0.897 bits per heavy atom. The van der Waals surface area contributed by atoms with Gasteiger partial charge in [0.05, 0.1) is 11.4 Å². The van der Waals surface area contributed by atoms with Gasteiger partial charge in [-0.1, -0.05) is 40.1 Å². The van der Waals surface area contributed by atoms with Crippen molar-refractivity contribution in [1.82, 2.24) is 0 Å². The number of aryl methyl sites for hydroxylation is 1. The first-order valence-corrected chi connectivity index (χ1v) is 9.29. The number of Topliss-reactive ketones (excluding diaryl/α,β-unsaturated/α-hetero) is 2. The van der Waals surface area contributed by atoms with Gasteiger partial charge in [-0.15, -0.1) is 0 Å². The minimum absolute atomic E-state index is 0.0102. The molecule has 11 nitrogen and oxygen atoms in total. The quantitative estimate of drug-likeness (QED) is 0.239. The van der Waals surface area contributed by atoms with Crippen molar-refractivity contribution in [2.45, 2.75) is 11.8 Å². The molecule has 0 saturated heterocycles. The first-order valence-electron chi connectivity index (χ1n) is 7.88. The molecule has 0 amide bonds.